The molecule has 0 atom stereocenters. The molecule has 5 heteroatoms. The van der Waals surface area contributed by atoms with Crippen LogP contribution in [0.4, 0.5) is 0 Å². The maximum atomic E-state index is 10.9. The minimum Gasteiger partial charge on any atom is -0.420 e. The number of ether oxygens (including phenoxy) is 1. The molecule has 1 aliphatic rings. The van der Waals surface area contributed by atoms with Crippen LogP contribution < -0.4 is 0 Å². The summed E-state index contributed by atoms with van der Waals surface area (Å²) in [5.41, 5.74) is 0.580. The van der Waals surface area contributed by atoms with Crippen LogP contribution in [0.3, 0.4) is 0 Å². The fraction of sp³-hybridized carbons (Fsp3) is 0.167. The molecule has 0 unspecified atom stereocenters. The first-order valence-corrected chi connectivity index (χ1v) is 5.06. The van der Waals surface area contributed by atoms with Gasteiger partial charge < -0.3 is 4.74 Å². The van der Waals surface area contributed by atoms with E-state index in [1.54, 1.807) is 6.92 Å². The van der Waals surface area contributed by atoms with Crippen molar-refractivity contribution in [3.63, 3.8) is 0 Å². The van der Waals surface area contributed by atoms with E-state index in [2.05, 4.69) is 47.8 Å². The Kier molecular flexibility index (Phi) is 2.94. The maximum Gasteiger partial charge on any atom is 0.340 e. The highest BCUT2D eigenvalue weighted by molar-refractivity contribution is 9.28. The molecule has 1 rings (SSSR count). The van der Waals surface area contributed by atoms with Crippen LogP contribution in [-0.4, -0.2) is 5.97 Å². The van der Waals surface area contributed by atoms with Gasteiger partial charge in [-0.25, -0.2) is 4.79 Å². The maximum absolute atomic E-state index is 10.9. The number of esters is 1. The third-order valence-electron chi connectivity index (χ3n) is 1.20. The lowest BCUT2D eigenvalue weighted by Crippen LogP contribution is -1.94. The van der Waals surface area contributed by atoms with Crippen LogP contribution in [0.5, 0.6) is 0 Å². The summed E-state index contributed by atoms with van der Waals surface area (Å²) >= 11 is 9.53. The third kappa shape index (κ3) is 1.76. The Morgan fingerprint density at radius 3 is 2.18 bits per heavy atom. The van der Waals surface area contributed by atoms with Crippen molar-refractivity contribution in [2.24, 2.45) is 0 Å². The highest BCUT2D eigenvalue weighted by atomic mass is 79.9. The lowest BCUT2D eigenvalue weighted by molar-refractivity contribution is -0.133. The molecular formula is C6H3Br3O2. The van der Waals surface area contributed by atoms with Crippen molar-refractivity contribution in [3.8, 4) is 0 Å². The second-order valence-electron chi connectivity index (χ2n) is 1.92. The number of halogens is 3. The Bertz CT molecular complexity index is 274. The Labute approximate surface area is 89.1 Å². The molecule has 0 fully saturated rings. The normalized spacial score (nSPS) is 17.5. The molecule has 2 nitrogen and oxygen atoms in total. The third-order valence-corrected chi connectivity index (χ3v) is 2.88. The summed E-state index contributed by atoms with van der Waals surface area (Å²) in [4.78, 5) is 10.9. The molecule has 0 aliphatic carbocycles. The number of hydrogen-bond acceptors (Lipinski definition) is 2. The van der Waals surface area contributed by atoms with Gasteiger partial charge in [-0.3, -0.25) is 0 Å². The molecule has 0 bridgehead atoms. The number of rotatable bonds is 0. The zero-order valence-corrected chi connectivity index (χ0v) is 10.2. The number of cyclic esters (lactones) is 1. The minimum absolute atomic E-state index is 0.316. The summed E-state index contributed by atoms with van der Waals surface area (Å²) in [7, 11) is 0. The molecule has 0 spiro atoms. The standard InChI is InChI=1S/C6H3Br3O2/c1-2-3(7)4(5(8)9)11-6(2)10/h1H3. The van der Waals surface area contributed by atoms with Crippen LogP contribution in [0, 0.1) is 0 Å². The zero-order valence-electron chi connectivity index (χ0n) is 5.45. The van der Waals surface area contributed by atoms with Gasteiger partial charge >= 0.3 is 5.97 Å². The number of carbonyl (C=O) groups excluding carboxylic acids is 1. The highest BCUT2D eigenvalue weighted by Gasteiger charge is 2.26. The quantitative estimate of drug-likeness (QED) is 0.630. The summed E-state index contributed by atoms with van der Waals surface area (Å²) in [6.45, 7) is 1.70. The van der Waals surface area contributed by atoms with Crippen molar-refractivity contribution in [1.82, 2.24) is 0 Å². The van der Waals surface area contributed by atoms with Crippen LogP contribution in [0.1, 0.15) is 6.92 Å². The van der Waals surface area contributed by atoms with E-state index in [9.17, 15) is 4.79 Å². The predicted octanol–water partition coefficient (Wildman–Crippen LogP) is 3.17. The molecule has 1 aliphatic heterocycles. The first kappa shape index (κ1) is 9.48. The topological polar surface area (TPSA) is 26.3 Å². The Hall–Kier alpha value is 0.390. The molecule has 1 heterocycles. The summed E-state index contributed by atoms with van der Waals surface area (Å²) in [5, 5.41) is 0. The van der Waals surface area contributed by atoms with Gasteiger partial charge in [-0.15, -0.1) is 0 Å². The Balaban J connectivity index is 3.15. The molecular weight excluding hydrogens is 344 g/mol. The van der Waals surface area contributed by atoms with E-state index in [0.29, 0.717) is 19.2 Å². The summed E-state index contributed by atoms with van der Waals surface area (Å²) in [5.74, 6) is 0.177. The smallest absolute Gasteiger partial charge is 0.340 e. The summed E-state index contributed by atoms with van der Waals surface area (Å²) < 4.78 is 6.19. The van der Waals surface area contributed by atoms with Gasteiger partial charge in [0, 0.05) is 0 Å². The lowest BCUT2D eigenvalue weighted by Gasteiger charge is -1.95. The van der Waals surface area contributed by atoms with E-state index in [0.717, 1.165) is 0 Å². The first-order chi connectivity index (χ1) is 5.04. The van der Waals surface area contributed by atoms with Crippen molar-refractivity contribution < 1.29 is 9.53 Å². The predicted molar refractivity (Wildman–Crippen MR) is 52.6 cm³/mol. The van der Waals surface area contributed by atoms with Crippen LogP contribution in [0.15, 0.2) is 19.2 Å². The van der Waals surface area contributed by atoms with Gasteiger partial charge in [0.05, 0.1) is 10.1 Å². The molecule has 0 aromatic carbocycles. The van der Waals surface area contributed by atoms with E-state index >= 15 is 0 Å². The van der Waals surface area contributed by atoms with E-state index in [-0.39, 0.29) is 5.97 Å². The van der Waals surface area contributed by atoms with E-state index in [1.165, 1.54) is 0 Å². The van der Waals surface area contributed by atoms with Gasteiger partial charge in [0.2, 0.25) is 0 Å². The molecule has 0 amide bonds. The molecule has 11 heavy (non-hydrogen) atoms. The van der Waals surface area contributed by atoms with E-state index in [4.69, 9.17) is 4.74 Å². The SMILES string of the molecule is CC1=C(Br)C(=C(Br)Br)OC1=O. The van der Waals surface area contributed by atoms with Gasteiger partial charge in [-0.05, 0) is 54.7 Å². The van der Waals surface area contributed by atoms with Gasteiger partial charge in [0.15, 0.2) is 5.76 Å². The van der Waals surface area contributed by atoms with Crippen molar-refractivity contribution >= 4 is 53.8 Å². The fourth-order valence-electron chi connectivity index (χ4n) is 0.595. The fourth-order valence-corrected chi connectivity index (χ4v) is 2.13. The molecule has 0 aromatic rings. The van der Waals surface area contributed by atoms with E-state index in [1.807, 2.05) is 0 Å². The van der Waals surface area contributed by atoms with Crippen LogP contribution >= 0.6 is 47.8 Å². The summed E-state index contributed by atoms with van der Waals surface area (Å²) in [6, 6.07) is 0. The lowest BCUT2D eigenvalue weighted by atomic mass is 10.3. The van der Waals surface area contributed by atoms with Gasteiger partial charge in [-0.2, -0.15) is 0 Å². The Morgan fingerprint density at radius 2 is 2.00 bits per heavy atom. The summed E-state index contributed by atoms with van der Waals surface area (Å²) in [6.07, 6.45) is 0. The average molecular weight is 347 g/mol. The van der Waals surface area contributed by atoms with Crippen molar-refractivity contribution in [3.05, 3.63) is 19.2 Å². The first-order valence-electron chi connectivity index (χ1n) is 2.68. The monoisotopic (exact) mass is 344 g/mol. The second kappa shape index (κ2) is 3.41. The molecule has 0 N–H and O–H groups in total. The number of hydrogen-bond donors (Lipinski definition) is 0. The second-order valence-corrected chi connectivity index (χ2v) is 5.36. The molecule has 0 radical (unpaired) electrons. The number of allylic oxidation sites excluding steroid dienone is 1. The van der Waals surface area contributed by atoms with Gasteiger partial charge in [-0.1, -0.05) is 0 Å². The van der Waals surface area contributed by atoms with Crippen molar-refractivity contribution in [1.29, 1.82) is 0 Å². The molecule has 60 valence electrons. The van der Waals surface area contributed by atoms with Crippen molar-refractivity contribution in [2.75, 3.05) is 0 Å². The van der Waals surface area contributed by atoms with Crippen molar-refractivity contribution in [2.45, 2.75) is 6.92 Å². The zero-order chi connectivity index (χ0) is 8.59. The van der Waals surface area contributed by atoms with Crippen LogP contribution in [0.25, 0.3) is 0 Å². The molecule has 0 saturated heterocycles. The molecule has 0 saturated carbocycles. The minimum atomic E-state index is -0.316. The number of carbonyl (C=O) groups is 1. The Morgan fingerprint density at radius 1 is 1.45 bits per heavy atom. The van der Waals surface area contributed by atoms with E-state index < -0.39 is 0 Å². The van der Waals surface area contributed by atoms with Crippen LogP contribution in [0.2, 0.25) is 0 Å². The van der Waals surface area contributed by atoms with Crippen LogP contribution in [-0.2, 0) is 9.53 Å². The van der Waals surface area contributed by atoms with Gasteiger partial charge in [0.25, 0.3) is 0 Å². The average Bonchev–Trinajstić information content (AvgIpc) is 2.17. The van der Waals surface area contributed by atoms with Gasteiger partial charge in [0.1, 0.15) is 3.39 Å². The molecule has 0 aromatic heterocycles. The largest absolute Gasteiger partial charge is 0.420 e. The highest BCUT2D eigenvalue weighted by Crippen LogP contribution is 2.36.